The Morgan fingerprint density at radius 2 is 1.55 bits per heavy atom. The number of carbonyl (C=O) groups excluding carboxylic acids is 1. The first-order chi connectivity index (χ1) is 10.1. The number of alkyl halides is 5. The Morgan fingerprint density at radius 1 is 1.05 bits per heavy atom. The molecule has 0 aliphatic heterocycles. The molecule has 0 spiro atoms. The van der Waals surface area contributed by atoms with E-state index >= 15 is 0 Å². The Labute approximate surface area is 126 Å². The van der Waals surface area contributed by atoms with Crippen molar-refractivity contribution in [2.75, 3.05) is 6.61 Å². The standard InChI is InChI=1S/C13H13F5O2.C2H6/c1-9-4-6-10(7-5-9)20-8-2-3-11(19)12(14,15)13(16,17)18;1-2/h4-7H,2-3,8H2,1H3;1-2H3. The van der Waals surface area contributed by atoms with Gasteiger partial charge in [0.1, 0.15) is 5.75 Å². The lowest BCUT2D eigenvalue weighted by Gasteiger charge is -2.17. The van der Waals surface area contributed by atoms with Crippen LogP contribution >= 0.6 is 0 Å². The predicted molar refractivity (Wildman–Crippen MR) is 73.3 cm³/mol. The zero-order valence-electron chi connectivity index (χ0n) is 12.6. The average Bonchev–Trinajstić information content (AvgIpc) is 2.46. The van der Waals surface area contributed by atoms with E-state index in [0.717, 1.165) is 5.56 Å². The number of ether oxygens (including phenoxy) is 1. The molecular weight excluding hydrogens is 307 g/mol. The van der Waals surface area contributed by atoms with E-state index < -0.39 is 24.3 Å². The third-order valence-electron chi connectivity index (χ3n) is 2.54. The number of ketones is 1. The highest BCUT2D eigenvalue weighted by Gasteiger charge is 2.62. The van der Waals surface area contributed by atoms with Crippen molar-refractivity contribution < 1.29 is 31.5 Å². The number of benzene rings is 1. The average molecular weight is 326 g/mol. The molecular formula is C15H19F5O2. The zero-order valence-corrected chi connectivity index (χ0v) is 12.6. The Morgan fingerprint density at radius 3 is 2.00 bits per heavy atom. The van der Waals surface area contributed by atoms with Gasteiger partial charge < -0.3 is 4.74 Å². The smallest absolute Gasteiger partial charge is 0.461 e. The van der Waals surface area contributed by atoms with Crippen LogP contribution in [0.3, 0.4) is 0 Å². The molecule has 0 amide bonds. The fourth-order valence-corrected chi connectivity index (χ4v) is 1.37. The molecule has 22 heavy (non-hydrogen) atoms. The highest BCUT2D eigenvalue weighted by molar-refractivity contribution is 5.86. The summed E-state index contributed by atoms with van der Waals surface area (Å²) in [6, 6.07) is 6.81. The number of hydrogen-bond donors (Lipinski definition) is 0. The van der Waals surface area contributed by atoms with Gasteiger partial charge in [-0.2, -0.15) is 22.0 Å². The van der Waals surface area contributed by atoms with E-state index in [0.29, 0.717) is 5.75 Å². The van der Waals surface area contributed by atoms with Gasteiger partial charge in [0.2, 0.25) is 5.78 Å². The van der Waals surface area contributed by atoms with Crippen molar-refractivity contribution in [3.63, 3.8) is 0 Å². The van der Waals surface area contributed by atoms with Gasteiger partial charge >= 0.3 is 12.1 Å². The zero-order chi connectivity index (χ0) is 17.4. The fourth-order valence-electron chi connectivity index (χ4n) is 1.37. The topological polar surface area (TPSA) is 26.3 Å². The second-order valence-corrected chi connectivity index (χ2v) is 4.26. The fraction of sp³-hybridized carbons (Fsp3) is 0.533. The summed E-state index contributed by atoms with van der Waals surface area (Å²) in [6.07, 6.45) is -6.95. The molecule has 0 saturated heterocycles. The summed E-state index contributed by atoms with van der Waals surface area (Å²) >= 11 is 0. The molecule has 0 radical (unpaired) electrons. The SMILES string of the molecule is CC.Cc1ccc(OCCCC(=O)C(F)(F)C(F)(F)F)cc1. The lowest BCUT2D eigenvalue weighted by Crippen LogP contribution is -2.44. The molecule has 0 unspecified atom stereocenters. The summed E-state index contributed by atoms with van der Waals surface area (Å²) in [4.78, 5) is 10.8. The van der Waals surface area contributed by atoms with Crippen LogP contribution in [0.5, 0.6) is 5.75 Å². The Bertz CT molecular complexity index is 452. The molecule has 7 heteroatoms. The summed E-state index contributed by atoms with van der Waals surface area (Å²) < 4.78 is 66.0. The van der Waals surface area contributed by atoms with Crippen molar-refractivity contribution in [3.8, 4) is 5.75 Å². The highest BCUT2D eigenvalue weighted by atomic mass is 19.4. The van der Waals surface area contributed by atoms with Gasteiger partial charge in [0.15, 0.2) is 0 Å². The minimum atomic E-state index is -5.85. The van der Waals surface area contributed by atoms with Gasteiger partial charge in [-0.25, -0.2) is 0 Å². The molecule has 0 aliphatic rings. The summed E-state index contributed by atoms with van der Waals surface area (Å²) in [5.74, 6) is -6.97. The van der Waals surface area contributed by atoms with E-state index in [2.05, 4.69) is 0 Å². The largest absolute Gasteiger partial charge is 0.494 e. The van der Waals surface area contributed by atoms with Gasteiger partial charge in [-0.05, 0) is 25.5 Å². The number of Topliss-reactive ketones (excluding diaryl/α,β-unsaturated/α-hetero) is 1. The molecule has 1 aromatic rings. The van der Waals surface area contributed by atoms with Crippen molar-refractivity contribution in [2.45, 2.75) is 45.7 Å². The quantitative estimate of drug-likeness (QED) is 0.546. The number of aryl methyl sites for hydroxylation is 1. The molecule has 0 bridgehead atoms. The molecule has 0 aliphatic carbocycles. The third-order valence-corrected chi connectivity index (χ3v) is 2.54. The number of carbonyl (C=O) groups is 1. The van der Waals surface area contributed by atoms with E-state index in [1.807, 2.05) is 20.8 Å². The van der Waals surface area contributed by atoms with Crippen molar-refractivity contribution in [2.24, 2.45) is 0 Å². The molecule has 1 aromatic carbocycles. The summed E-state index contributed by atoms with van der Waals surface area (Å²) in [5, 5.41) is 0. The van der Waals surface area contributed by atoms with Crippen LogP contribution in [0.25, 0.3) is 0 Å². The van der Waals surface area contributed by atoms with Crippen LogP contribution in [-0.2, 0) is 4.79 Å². The van der Waals surface area contributed by atoms with Gasteiger partial charge in [0.05, 0.1) is 6.61 Å². The lowest BCUT2D eigenvalue weighted by atomic mass is 10.1. The molecule has 0 aromatic heterocycles. The Balaban J connectivity index is 0.00000211. The van der Waals surface area contributed by atoms with Crippen molar-refractivity contribution in [1.29, 1.82) is 0 Å². The van der Waals surface area contributed by atoms with E-state index in [9.17, 15) is 26.7 Å². The Kier molecular flexibility index (Phi) is 8.05. The van der Waals surface area contributed by atoms with Gasteiger partial charge in [-0.15, -0.1) is 0 Å². The predicted octanol–water partition coefficient (Wildman–Crippen LogP) is 4.95. The minimum Gasteiger partial charge on any atom is -0.494 e. The monoisotopic (exact) mass is 326 g/mol. The highest BCUT2D eigenvalue weighted by Crippen LogP contribution is 2.37. The van der Waals surface area contributed by atoms with Crippen molar-refractivity contribution in [1.82, 2.24) is 0 Å². The number of rotatable bonds is 6. The molecule has 0 atom stereocenters. The maximum Gasteiger partial charge on any atom is 0.461 e. The molecule has 0 fully saturated rings. The number of halogens is 5. The van der Waals surface area contributed by atoms with Crippen molar-refractivity contribution >= 4 is 5.78 Å². The summed E-state index contributed by atoms with van der Waals surface area (Å²) in [7, 11) is 0. The third kappa shape index (κ3) is 5.99. The first-order valence-electron chi connectivity index (χ1n) is 6.82. The molecule has 1 rings (SSSR count). The van der Waals surface area contributed by atoms with Crippen LogP contribution in [0.1, 0.15) is 32.3 Å². The van der Waals surface area contributed by atoms with Gasteiger partial charge in [-0.1, -0.05) is 31.5 Å². The van der Waals surface area contributed by atoms with Crippen LogP contribution < -0.4 is 4.74 Å². The number of hydrogen-bond acceptors (Lipinski definition) is 2. The van der Waals surface area contributed by atoms with E-state index in [1.54, 1.807) is 24.3 Å². The van der Waals surface area contributed by atoms with Gasteiger partial charge in [0, 0.05) is 6.42 Å². The molecule has 126 valence electrons. The molecule has 0 saturated carbocycles. The first-order valence-corrected chi connectivity index (χ1v) is 6.82. The van der Waals surface area contributed by atoms with Crippen LogP contribution in [0, 0.1) is 6.92 Å². The summed E-state index contributed by atoms with van der Waals surface area (Å²) in [6.45, 7) is 5.75. The second kappa shape index (κ2) is 8.70. The van der Waals surface area contributed by atoms with E-state index in [-0.39, 0.29) is 13.0 Å². The van der Waals surface area contributed by atoms with Gasteiger partial charge in [0.25, 0.3) is 0 Å². The summed E-state index contributed by atoms with van der Waals surface area (Å²) in [5.41, 5.74) is 0.998. The van der Waals surface area contributed by atoms with E-state index in [1.165, 1.54) is 0 Å². The van der Waals surface area contributed by atoms with E-state index in [4.69, 9.17) is 4.74 Å². The first kappa shape index (κ1) is 20.3. The van der Waals surface area contributed by atoms with Crippen LogP contribution in [0.15, 0.2) is 24.3 Å². The van der Waals surface area contributed by atoms with Crippen LogP contribution in [0.2, 0.25) is 0 Å². The minimum absolute atomic E-state index is 0.108. The van der Waals surface area contributed by atoms with Crippen LogP contribution in [0.4, 0.5) is 22.0 Å². The molecule has 2 nitrogen and oxygen atoms in total. The van der Waals surface area contributed by atoms with Gasteiger partial charge in [-0.3, -0.25) is 4.79 Å². The Hall–Kier alpha value is -1.66. The maximum atomic E-state index is 12.6. The maximum absolute atomic E-state index is 12.6. The normalized spacial score (nSPS) is 11.5. The van der Waals surface area contributed by atoms with Crippen molar-refractivity contribution in [3.05, 3.63) is 29.8 Å². The lowest BCUT2D eigenvalue weighted by molar-refractivity contribution is -0.268. The van der Waals surface area contributed by atoms with Crippen LogP contribution in [-0.4, -0.2) is 24.5 Å². The molecule has 0 N–H and O–H groups in total. The second-order valence-electron chi connectivity index (χ2n) is 4.26. The molecule has 0 heterocycles.